The third-order valence-electron chi connectivity index (χ3n) is 1.58. The van der Waals surface area contributed by atoms with Crippen LogP contribution in [0.15, 0.2) is 11.6 Å². The zero-order chi connectivity index (χ0) is 8.97. The summed E-state index contributed by atoms with van der Waals surface area (Å²) in [5.41, 5.74) is 0.575. The molecule has 4 nitrogen and oxygen atoms in total. The van der Waals surface area contributed by atoms with Gasteiger partial charge in [-0.25, -0.2) is 4.79 Å². The maximum atomic E-state index is 11.1. The molecule has 12 heavy (non-hydrogen) atoms. The highest BCUT2D eigenvalue weighted by Gasteiger charge is 2.20. The molecule has 1 atom stereocenters. The zero-order valence-electron chi connectivity index (χ0n) is 7.20. The van der Waals surface area contributed by atoms with E-state index in [0.717, 1.165) is 0 Å². The molecule has 0 aromatic heterocycles. The minimum Gasteiger partial charge on any atom is -0.430 e. The van der Waals surface area contributed by atoms with E-state index in [1.807, 2.05) is 0 Å². The molecule has 1 saturated heterocycles. The van der Waals surface area contributed by atoms with Crippen molar-refractivity contribution < 1.29 is 19.0 Å². The van der Waals surface area contributed by atoms with Crippen LogP contribution in [0.2, 0.25) is 0 Å². The van der Waals surface area contributed by atoms with Gasteiger partial charge >= 0.3 is 5.97 Å². The molecule has 1 unspecified atom stereocenters. The van der Waals surface area contributed by atoms with Crippen LogP contribution in [-0.2, 0) is 19.0 Å². The van der Waals surface area contributed by atoms with Crippen LogP contribution in [0.25, 0.3) is 0 Å². The molecule has 0 aromatic rings. The third-order valence-corrected chi connectivity index (χ3v) is 1.58. The number of allylic oxidation sites excluding steroid dienone is 1. The maximum Gasteiger partial charge on any atom is 0.335 e. The Hall–Kier alpha value is -0.870. The normalized spacial score (nSPS) is 24.2. The highest BCUT2D eigenvalue weighted by molar-refractivity contribution is 5.87. The fourth-order valence-corrected chi connectivity index (χ4v) is 0.715. The molecular formula is C8H12O4. The first kappa shape index (κ1) is 9.22. The Morgan fingerprint density at radius 1 is 1.67 bits per heavy atom. The van der Waals surface area contributed by atoms with Crippen molar-refractivity contribution in [3.8, 4) is 0 Å². The molecule has 0 saturated carbocycles. The van der Waals surface area contributed by atoms with E-state index >= 15 is 0 Å². The number of carbonyl (C=O) groups is 1. The van der Waals surface area contributed by atoms with Crippen molar-refractivity contribution in [2.75, 3.05) is 13.4 Å². The number of ether oxygens (including phenoxy) is 3. The predicted octanol–water partition coefficient (Wildman–Crippen LogP) is 0.826. The van der Waals surface area contributed by atoms with Crippen LogP contribution in [-0.4, -0.2) is 25.7 Å². The van der Waals surface area contributed by atoms with Crippen molar-refractivity contribution >= 4 is 5.97 Å². The molecule has 0 bridgehead atoms. The van der Waals surface area contributed by atoms with Gasteiger partial charge in [0.25, 0.3) is 0 Å². The number of carbonyl (C=O) groups excluding carboxylic acids is 1. The molecule has 1 rings (SSSR count). The first-order chi connectivity index (χ1) is 5.74. The van der Waals surface area contributed by atoms with Gasteiger partial charge in [0.15, 0.2) is 6.79 Å². The van der Waals surface area contributed by atoms with E-state index in [1.165, 1.54) is 0 Å². The highest BCUT2D eigenvalue weighted by Crippen LogP contribution is 2.07. The lowest BCUT2D eigenvalue weighted by Gasteiger charge is -2.08. The quantitative estimate of drug-likeness (QED) is 0.457. The smallest absolute Gasteiger partial charge is 0.335 e. The van der Waals surface area contributed by atoms with Crippen molar-refractivity contribution in [2.24, 2.45) is 0 Å². The topological polar surface area (TPSA) is 44.8 Å². The van der Waals surface area contributed by atoms with E-state index < -0.39 is 6.29 Å². The Morgan fingerprint density at radius 3 is 2.92 bits per heavy atom. The molecule has 1 fully saturated rings. The van der Waals surface area contributed by atoms with Crippen LogP contribution in [0.1, 0.15) is 13.8 Å². The largest absolute Gasteiger partial charge is 0.430 e. The van der Waals surface area contributed by atoms with Crippen LogP contribution in [0, 0.1) is 0 Å². The summed E-state index contributed by atoms with van der Waals surface area (Å²) in [6.45, 7) is 4.00. The third kappa shape index (κ3) is 2.32. The maximum absolute atomic E-state index is 11.1. The number of esters is 1. The number of hydrogen-bond donors (Lipinski definition) is 0. The lowest BCUT2D eigenvalue weighted by atomic mass is 10.3. The van der Waals surface area contributed by atoms with Crippen LogP contribution in [0.4, 0.5) is 0 Å². The van der Waals surface area contributed by atoms with Crippen LogP contribution < -0.4 is 0 Å². The van der Waals surface area contributed by atoms with E-state index in [0.29, 0.717) is 12.2 Å². The average Bonchev–Trinajstić information content (AvgIpc) is 2.55. The summed E-state index contributed by atoms with van der Waals surface area (Å²) in [6, 6.07) is 0. The van der Waals surface area contributed by atoms with Gasteiger partial charge in [0, 0.05) is 5.57 Å². The summed E-state index contributed by atoms with van der Waals surface area (Å²) in [5.74, 6) is -0.354. The fourth-order valence-electron chi connectivity index (χ4n) is 0.715. The summed E-state index contributed by atoms with van der Waals surface area (Å²) in [7, 11) is 0. The van der Waals surface area contributed by atoms with Gasteiger partial charge in [0.05, 0.1) is 0 Å². The first-order valence-electron chi connectivity index (χ1n) is 3.77. The number of rotatable bonds is 2. The van der Waals surface area contributed by atoms with Crippen molar-refractivity contribution in [3.05, 3.63) is 11.6 Å². The van der Waals surface area contributed by atoms with Gasteiger partial charge in [-0.05, 0) is 13.8 Å². The van der Waals surface area contributed by atoms with Crippen LogP contribution in [0.5, 0.6) is 0 Å². The van der Waals surface area contributed by atoms with Crippen molar-refractivity contribution in [3.63, 3.8) is 0 Å². The van der Waals surface area contributed by atoms with Gasteiger partial charge in [-0.15, -0.1) is 0 Å². The summed E-state index contributed by atoms with van der Waals surface area (Å²) >= 11 is 0. The summed E-state index contributed by atoms with van der Waals surface area (Å²) < 4.78 is 14.7. The van der Waals surface area contributed by atoms with Crippen LogP contribution >= 0.6 is 0 Å². The number of hydrogen-bond acceptors (Lipinski definition) is 4. The highest BCUT2D eigenvalue weighted by atomic mass is 16.8. The fraction of sp³-hybridized carbons (Fsp3) is 0.625. The molecule has 68 valence electrons. The molecule has 4 heteroatoms. The molecular weight excluding hydrogens is 160 g/mol. The molecule has 1 heterocycles. The van der Waals surface area contributed by atoms with Gasteiger partial charge in [0.1, 0.15) is 6.61 Å². The molecule has 0 amide bonds. The minimum absolute atomic E-state index is 0.201. The Kier molecular flexibility index (Phi) is 3.25. The van der Waals surface area contributed by atoms with E-state index in [4.69, 9.17) is 14.2 Å². The Balaban J connectivity index is 2.35. The molecule has 1 aliphatic rings. The van der Waals surface area contributed by atoms with Gasteiger partial charge in [-0.1, -0.05) is 6.08 Å². The van der Waals surface area contributed by atoms with Crippen molar-refractivity contribution in [1.82, 2.24) is 0 Å². The van der Waals surface area contributed by atoms with Gasteiger partial charge in [-0.3, -0.25) is 0 Å². The minimum atomic E-state index is -0.535. The van der Waals surface area contributed by atoms with E-state index in [9.17, 15) is 4.79 Å². The standard InChI is InChI=1S/C8H12O4/c1-3-6(2)8(9)12-7-4-10-5-11-7/h3,7H,4-5H2,1-2H3. The molecule has 0 radical (unpaired) electrons. The summed E-state index contributed by atoms with van der Waals surface area (Å²) in [4.78, 5) is 11.1. The second-order valence-electron chi connectivity index (χ2n) is 2.46. The lowest BCUT2D eigenvalue weighted by molar-refractivity contribution is -0.163. The summed E-state index contributed by atoms with van der Waals surface area (Å²) in [6.07, 6.45) is 1.16. The second kappa shape index (κ2) is 4.23. The van der Waals surface area contributed by atoms with Crippen molar-refractivity contribution in [2.45, 2.75) is 20.1 Å². The molecule has 0 spiro atoms. The van der Waals surface area contributed by atoms with E-state index in [2.05, 4.69) is 0 Å². The average molecular weight is 172 g/mol. The molecule has 1 aliphatic heterocycles. The predicted molar refractivity (Wildman–Crippen MR) is 41.2 cm³/mol. The zero-order valence-corrected chi connectivity index (χ0v) is 7.20. The lowest BCUT2D eigenvalue weighted by Crippen LogP contribution is -2.20. The second-order valence-corrected chi connectivity index (χ2v) is 2.46. The Labute approximate surface area is 71.1 Å². The Bertz CT molecular complexity index is 191. The van der Waals surface area contributed by atoms with Gasteiger partial charge in [-0.2, -0.15) is 0 Å². The molecule has 0 N–H and O–H groups in total. The molecule has 0 aliphatic carbocycles. The van der Waals surface area contributed by atoms with Gasteiger partial charge < -0.3 is 14.2 Å². The van der Waals surface area contributed by atoms with E-state index in [-0.39, 0.29) is 12.8 Å². The Morgan fingerprint density at radius 2 is 2.42 bits per heavy atom. The van der Waals surface area contributed by atoms with Crippen molar-refractivity contribution in [1.29, 1.82) is 0 Å². The van der Waals surface area contributed by atoms with Crippen LogP contribution in [0.3, 0.4) is 0 Å². The van der Waals surface area contributed by atoms with E-state index in [1.54, 1.807) is 19.9 Å². The monoisotopic (exact) mass is 172 g/mol. The van der Waals surface area contributed by atoms with Gasteiger partial charge in [0.2, 0.25) is 6.29 Å². The SMILES string of the molecule is CC=C(C)C(=O)OC1COCO1. The molecule has 0 aromatic carbocycles. The summed E-state index contributed by atoms with van der Waals surface area (Å²) in [5, 5.41) is 0. The first-order valence-corrected chi connectivity index (χ1v) is 3.77.